The summed E-state index contributed by atoms with van der Waals surface area (Å²) in [6, 6.07) is 9.00. The summed E-state index contributed by atoms with van der Waals surface area (Å²) >= 11 is 0. The Morgan fingerprint density at radius 1 is 1.33 bits per heavy atom. The van der Waals surface area contributed by atoms with Crippen LogP contribution in [0.1, 0.15) is 26.3 Å². The van der Waals surface area contributed by atoms with Crippen LogP contribution in [0.25, 0.3) is 0 Å². The van der Waals surface area contributed by atoms with Crippen LogP contribution in [0.4, 0.5) is 5.69 Å². The highest BCUT2D eigenvalue weighted by molar-refractivity contribution is 5.95. The minimum atomic E-state index is -0.560. The fraction of sp³-hybridized carbons (Fsp3) is 0.375. The molecule has 2 aromatic rings. The van der Waals surface area contributed by atoms with Crippen molar-refractivity contribution in [3.63, 3.8) is 0 Å². The van der Waals surface area contributed by atoms with Crippen LogP contribution in [0.3, 0.4) is 0 Å². The van der Waals surface area contributed by atoms with Crippen molar-refractivity contribution in [2.75, 3.05) is 5.32 Å². The Morgan fingerprint density at radius 3 is 2.67 bits per heavy atom. The average molecular weight is 286 g/mol. The van der Waals surface area contributed by atoms with Crippen molar-refractivity contribution in [2.24, 2.45) is 11.1 Å². The molecule has 1 amide bonds. The number of carbonyl (C=O) groups is 1. The van der Waals surface area contributed by atoms with Crippen molar-refractivity contribution in [1.82, 2.24) is 9.78 Å². The zero-order valence-electron chi connectivity index (χ0n) is 12.7. The predicted molar refractivity (Wildman–Crippen MR) is 83.8 cm³/mol. The number of nitrogens with one attached hydrogen (secondary N) is 1. The minimum absolute atomic E-state index is 0.171. The van der Waals surface area contributed by atoms with Crippen LogP contribution < -0.4 is 11.1 Å². The summed E-state index contributed by atoms with van der Waals surface area (Å²) in [5.74, 6) is -0.171. The van der Waals surface area contributed by atoms with Gasteiger partial charge in [0.2, 0.25) is 5.91 Å². The Hall–Kier alpha value is -2.14. The van der Waals surface area contributed by atoms with Gasteiger partial charge >= 0.3 is 0 Å². The molecule has 5 heteroatoms. The monoisotopic (exact) mass is 286 g/mol. The molecule has 0 unspecified atom stereocenters. The lowest BCUT2D eigenvalue weighted by Gasteiger charge is -2.26. The highest BCUT2D eigenvalue weighted by Gasteiger charge is 2.27. The van der Waals surface area contributed by atoms with E-state index in [-0.39, 0.29) is 11.3 Å². The van der Waals surface area contributed by atoms with Crippen molar-refractivity contribution in [3.05, 3.63) is 48.3 Å². The lowest BCUT2D eigenvalue weighted by molar-refractivity contribution is -0.119. The van der Waals surface area contributed by atoms with Crippen molar-refractivity contribution < 1.29 is 4.79 Å². The number of hydrogen-bond donors (Lipinski definition) is 2. The van der Waals surface area contributed by atoms with Gasteiger partial charge < -0.3 is 11.1 Å². The third kappa shape index (κ3) is 3.92. The Labute approximate surface area is 125 Å². The van der Waals surface area contributed by atoms with Gasteiger partial charge in [-0.3, -0.25) is 9.48 Å². The maximum absolute atomic E-state index is 12.3. The zero-order chi connectivity index (χ0) is 15.5. The van der Waals surface area contributed by atoms with Crippen molar-refractivity contribution in [2.45, 2.75) is 33.4 Å². The molecule has 1 aromatic heterocycles. The molecular weight excluding hydrogens is 264 g/mol. The molecule has 3 N–H and O–H groups in total. The third-order valence-corrected chi connectivity index (χ3v) is 3.38. The third-order valence-electron chi connectivity index (χ3n) is 3.38. The van der Waals surface area contributed by atoms with Gasteiger partial charge in [0.1, 0.15) is 0 Å². The van der Waals surface area contributed by atoms with Gasteiger partial charge in [0.05, 0.1) is 12.6 Å². The van der Waals surface area contributed by atoms with Gasteiger partial charge in [-0.2, -0.15) is 5.10 Å². The van der Waals surface area contributed by atoms with Crippen molar-refractivity contribution in [1.29, 1.82) is 0 Å². The van der Waals surface area contributed by atoms with E-state index >= 15 is 0 Å². The number of nitrogens with two attached hydrogens (primary N) is 1. The molecule has 0 spiro atoms. The lowest BCUT2D eigenvalue weighted by Crippen LogP contribution is -2.45. The van der Waals surface area contributed by atoms with Crippen LogP contribution in [0.5, 0.6) is 0 Å². The molecule has 0 aliphatic rings. The van der Waals surface area contributed by atoms with Crippen LogP contribution >= 0.6 is 0 Å². The summed E-state index contributed by atoms with van der Waals surface area (Å²) in [6.45, 7) is 6.46. The summed E-state index contributed by atoms with van der Waals surface area (Å²) in [7, 11) is 0. The number of nitrogens with zero attached hydrogens (tertiary/aromatic N) is 2. The van der Waals surface area contributed by atoms with E-state index < -0.39 is 6.04 Å². The van der Waals surface area contributed by atoms with Crippen LogP contribution in [0.2, 0.25) is 0 Å². The quantitative estimate of drug-likeness (QED) is 0.905. The molecule has 0 radical (unpaired) electrons. The second kappa shape index (κ2) is 6.10. The van der Waals surface area contributed by atoms with Gasteiger partial charge in [0, 0.05) is 18.1 Å². The molecule has 5 nitrogen and oxygen atoms in total. The summed E-state index contributed by atoms with van der Waals surface area (Å²) in [4.78, 5) is 12.3. The number of anilines is 1. The van der Waals surface area contributed by atoms with Crippen molar-refractivity contribution >= 4 is 11.6 Å². The van der Waals surface area contributed by atoms with Gasteiger partial charge in [0.15, 0.2) is 0 Å². The molecule has 1 heterocycles. The first-order chi connectivity index (χ1) is 9.88. The van der Waals surface area contributed by atoms with Gasteiger partial charge in [-0.05, 0) is 23.1 Å². The molecule has 0 bridgehead atoms. The van der Waals surface area contributed by atoms with E-state index in [2.05, 4.69) is 10.4 Å². The molecule has 0 fully saturated rings. The molecule has 0 saturated carbocycles. The summed E-state index contributed by atoms with van der Waals surface area (Å²) in [6.07, 6.45) is 3.62. The van der Waals surface area contributed by atoms with Gasteiger partial charge in [-0.15, -0.1) is 0 Å². The molecule has 112 valence electrons. The minimum Gasteiger partial charge on any atom is -0.324 e. The van der Waals surface area contributed by atoms with Crippen molar-refractivity contribution in [3.8, 4) is 0 Å². The number of carbonyl (C=O) groups excluding carboxylic acids is 1. The second-order valence-corrected chi connectivity index (χ2v) is 6.19. The second-order valence-electron chi connectivity index (χ2n) is 6.19. The first-order valence-electron chi connectivity index (χ1n) is 7.00. The SMILES string of the molecule is CC(C)(C)[C@H](N)C(=O)Nc1ccccc1Cn1cccn1. The van der Waals surface area contributed by atoms with E-state index in [9.17, 15) is 4.79 Å². The van der Waals surface area contributed by atoms with Gasteiger partial charge in [0.25, 0.3) is 0 Å². The molecule has 0 aliphatic heterocycles. The first-order valence-corrected chi connectivity index (χ1v) is 7.00. The maximum atomic E-state index is 12.3. The zero-order valence-corrected chi connectivity index (χ0v) is 12.7. The van der Waals surface area contributed by atoms with E-state index in [1.807, 2.05) is 62.0 Å². The molecular formula is C16H22N4O. The standard InChI is InChI=1S/C16H22N4O/c1-16(2,3)14(17)15(21)19-13-8-5-4-7-12(13)11-20-10-6-9-18-20/h4-10,14H,11,17H2,1-3H3,(H,19,21)/t14-/m1/s1. The van der Waals surface area contributed by atoms with Gasteiger partial charge in [-0.25, -0.2) is 0 Å². The summed E-state index contributed by atoms with van der Waals surface area (Å²) in [5, 5.41) is 7.11. The highest BCUT2D eigenvalue weighted by atomic mass is 16.2. The lowest BCUT2D eigenvalue weighted by atomic mass is 9.87. The number of para-hydroxylation sites is 1. The number of aromatic nitrogens is 2. The Balaban J connectivity index is 2.15. The number of hydrogen-bond acceptors (Lipinski definition) is 3. The highest BCUT2D eigenvalue weighted by Crippen LogP contribution is 2.21. The van der Waals surface area contributed by atoms with Crippen LogP contribution in [0, 0.1) is 5.41 Å². The topological polar surface area (TPSA) is 72.9 Å². The predicted octanol–water partition coefficient (Wildman–Crippen LogP) is 2.24. The van der Waals surface area contributed by atoms with Gasteiger partial charge in [-0.1, -0.05) is 39.0 Å². The fourth-order valence-electron chi connectivity index (χ4n) is 1.95. The summed E-state index contributed by atoms with van der Waals surface area (Å²) < 4.78 is 1.81. The molecule has 2 rings (SSSR count). The number of benzene rings is 1. The molecule has 21 heavy (non-hydrogen) atoms. The fourth-order valence-corrected chi connectivity index (χ4v) is 1.95. The number of amides is 1. The van der Waals surface area contributed by atoms with E-state index in [0.717, 1.165) is 11.3 Å². The molecule has 1 atom stereocenters. The van der Waals surface area contributed by atoms with Crippen LogP contribution in [-0.4, -0.2) is 21.7 Å². The van der Waals surface area contributed by atoms with Crippen LogP contribution in [-0.2, 0) is 11.3 Å². The van der Waals surface area contributed by atoms with E-state index in [1.54, 1.807) is 6.20 Å². The first kappa shape index (κ1) is 15.3. The van der Waals surface area contributed by atoms with E-state index in [4.69, 9.17) is 5.73 Å². The average Bonchev–Trinajstić information content (AvgIpc) is 2.92. The molecule has 0 saturated heterocycles. The Kier molecular flexibility index (Phi) is 4.43. The number of rotatable bonds is 4. The smallest absolute Gasteiger partial charge is 0.241 e. The Morgan fingerprint density at radius 2 is 2.05 bits per heavy atom. The summed E-state index contributed by atoms with van der Waals surface area (Å²) in [5.41, 5.74) is 7.49. The van der Waals surface area contributed by atoms with E-state index in [0.29, 0.717) is 6.54 Å². The normalized spacial score (nSPS) is 13.0. The Bertz CT molecular complexity index is 599. The van der Waals surface area contributed by atoms with Crippen LogP contribution in [0.15, 0.2) is 42.7 Å². The molecule has 1 aromatic carbocycles. The maximum Gasteiger partial charge on any atom is 0.241 e. The largest absolute Gasteiger partial charge is 0.324 e. The molecule has 0 aliphatic carbocycles. The van der Waals surface area contributed by atoms with E-state index in [1.165, 1.54) is 0 Å².